The number of anilines is 1. The second-order valence-electron chi connectivity index (χ2n) is 10.0. The van der Waals surface area contributed by atoms with Crippen molar-refractivity contribution in [1.29, 1.82) is 0 Å². The van der Waals surface area contributed by atoms with E-state index in [1.807, 2.05) is 11.9 Å². The van der Waals surface area contributed by atoms with Crippen LogP contribution in [0.2, 0.25) is 5.02 Å². The highest BCUT2D eigenvalue weighted by Crippen LogP contribution is 2.47. The Balaban J connectivity index is 1.60. The van der Waals surface area contributed by atoms with E-state index in [2.05, 4.69) is 15.6 Å². The Kier molecular flexibility index (Phi) is 8.44. The average molecular weight is 600 g/mol. The Morgan fingerprint density at radius 3 is 2.42 bits per heavy atom. The molecular weight excluding hydrogens is 570 g/mol. The van der Waals surface area contributed by atoms with Gasteiger partial charge in [0.15, 0.2) is 9.84 Å². The molecule has 0 spiro atoms. The second-order valence-corrected chi connectivity index (χ2v) is 13.2. The summed E-state index contributed by atoms with van der Waals surface area (Å²) in [6, 6.07) is 1.86. The third-order valence-electron chi connectivity index (χ3n) is 7.62. The first-order chi connectivity index (χ1) is 17.7. The number of urea groups is 1. The van der Waals surface area contributed by atoms with Crippen LogP contribution in [0.1, 0.15) is 13.3 Å². The molecule has 2 aliphatic heterocycles. The molecule has 1 aromatic carbocycles. The number of alkyl halides is 4. The van der Waals surface area contributed by atoms with Gasteiger partial charge in [0, 0.05) is 43.7 Å². The van der Waals surface area contributed by atoms with Gasteiger partial charge in [-0.3, -0.25) is 10.2 Å². The summed E-state index contributed by atoms with van der Waals surface area (Å²) in [5.41, 5.74) is 2.34. The van der Waals surface area contributed by atoms with Crippen molar-refractivity contribution < 1.29 is 31.2 Å². The molecule has 9 nitrogen and oxygen atoms in total. The van der Waals surface area contributed by atoms with E-state index in [-0.39, 0.29) is 27.9 Å². The highest BCUT2D eigenvalue weighted by Gasteiger charge is 2.59. The molecule has 5 atom stereocenters. The normalized spacial score (nSPS) is 29.7. The van der Waals surface area contributed by atoms with Gasteiger partial charge >= 0.3 is 12.2 Å². The molecule has 2 saturated heterocycles. The Morgan fingerprint density at radius 2 is 1.82 bits per heavy atom. The lowest BCUT2D eigenvalue weighted by atomic mass is 9.69. The largest absolute Gasteiger partial charge is 0.392 e. The van der Waals surface area contributed by atoms with Crippen LogP contribution in [0.4, 0.5) is 23.7 Å². The van der Waals surface area contributed by atoms with E-state index < -0.39 is 63.5 Å². The van der Waals surface area contributed by atoms with Crippen molar-refractivity contribution in [2.75, 3.05) is 51.0 Å². The Bertz CT molecular complexity index is 1180. The van der Waals surface area contributed by atoms with Crippen molar-refractivity contribution in [2.45, 2.75) is 35.8 Å². The quantitative estimate of drug-likeness (QED) is 0.485. The maximum absolute atomic E-state index is 14.3. The third-order valence-corrected chi connectivity index (χ3v) is 10.2. The smallest absolute Gasteiger partial charge is 0.331 e. The summed E-state index contributed by atoms with van der Waals surface area (Å²) >= 11 is 12.6. The summed E-state index contributed by atoms with van der Waals surface area (Å²) in [5, 5.41) is 2.10. The van der Waals surface area contributed by atoms with Crippen molar-refractivity contribution in [2.24, 2.45) is 17.8 Å². The summed E-state index contributed by atoms with van der Waals surface area (Å²) in [4.78, 5) is 30.2. The number of likely N-dealkylation sites (N-methyl/N-ethyl adjacent to an activating group) is 1. The van der Waals surface area contributed by atoms with Crippen LogP contribution in [0.5, 0.6) is 0 Å². The van der Waals surface area contributed by atoms with Crippen LogP contribution < -0.4 is 10.7 Å². The van der Waals surface area contributed by atoms with Crippen LogP contribution >= 0.6 is 23.2 Å². The number of imide groups is 1. The van der Waals surface area contributed by atoms with Gasteiger partial charge in [-0.15, -0.1) is 11.6 Å². The number of piperazine rings is 1. The number of carbonyl (C=O) groups is 2. The number of rotatable bonds is 6. The standard InChI is InChI=1S/C23H30Cl2F3N5O4S/c1-3-38(36,37)18-5-4-13(24)10-17(18)30-33-21(34)14-11-16(23(26,27)28)15(19(25)20(14)29-22(33)35)12-32-8-6-31(2)7-9-32/h4-5,10,14-16,19-20,30H,3,6-9,11-12H2,1-2H3,(H,29,35). The molecule has 3 aliphatic rings. The molecule has 3 amide bonds. The highest BCUT2D eigenvalue weighted by molar-refractivity contribution is 7.91. The Morgan fingerprint density at radius 1 is 1.16 bits per heavy atom. The Hall–Kier alpha value is -1.80. The number of hydrogen-bond acceptors (Lipinski definition) is 7. The number of sulfone groups is 1. The second kappa shape index (κ2) is 11.0. The molecule has 212 valence electrons. The summed E-state index contributed by atoms with van der Waals surface area (Å²) in [7, 11) is -1.84. The fourth-order valence-electron chi connectivity index (χ4n) is 5.39. The maximum Gasteiger partial charge on any atom is 0.392 e. The number of hydrazine groups is 1. The summed E-state index contributed by atoms with van der Waals surface area (Å²) in [5.74, 6) is -5.32. The summed E-state index contributed by atoms with van der Waals surface area (Å²) in [6.45, 7) is 4.16. The number of fused-ring (bicyclic) bond motifs is 1. The molecule has 4 rings (SSSR count). The summed E-state index contributed by atoms with van der Waals surface area (Å²) < 4.78 is 67.9. The van der Waals surface area contributed by atoms with Crippen molar-refractivity contribution in [1.82, 2.24) is 20.1 Å². The van der Waals surface area contributed by atoms with Gasteiger partial charge in [0.2, 0.25) is 0 Å². The average Bonchev–Trinajstić information content (AvgIpc) is 2.84. The maximum atomic E-state index is 14.3. The lowest BCUT2D eigenvalue weighted by molar-refractivity contribution is -0.205. The number of carbonyl (C=O) groups excluding carboxylic acids is 2. The van der Waals surface area contributed by atoms with E-state index in [0.29, 0.717) is 18.1 Å². The number of benzene rings is 1. The molecule has 0 bridgehead atoms. The third kappa shape index (κ3) is 5.86. The molecule has 1 aromatic rings. The molecule has 0 aromatic heterocycles. The molecule has 2 heterocycles. The Labute approximate surface area is 229 Å². The fraction of sp³-hybridized carbons (Fsp3) is 0.652. The lowest BCUT2D eigenvalue weighted by Gasteiger charge is -2.49. The molecule has 38 heavy (non-hydrogen) atoms. The molecule has 1 aliphatic carbocycles. The number of hydrogen-bond donors (Lipinski definition) is 2. The van der Waals surface area contributed by atoms with Crippen molar-refractivity contribution in [3.63, 3.8) is 0 Å². The molecule has 1 saturated carbocycles. The minimum Gasteiger partial charge on any atom is -0.331 e. The van der Waals surface area contributed by atoms with Crippen LogP contribution in [-0.2, 0) is 14.6 Å². The zero-order chi connectivity index (χ0) is 28.0. The predicted molar refractivity (Wildman–Crippen MR) is 137 cm³/mol. The van der Waals surface area contributed by atoms with Gasteiger partial charge in [-0.05, 0) is 31.7 Å². The summed E-state index contributed by atoms with van der Waals surface area (Å²) in [6.07, 6.45) is -5.16. The van der Waals surface area contributed by atoms with E-state index in [9.17, 15) is 31.2 Å². The molecule has 5 unspecified atom stereocenters. The molecule has 15 heteroatoms. The van der Waals surface area contributed by atoms with E-state index >= 15 is 0 Å². The van der Waals surface area contributed by atoms with E-state index in [1.54, 1.807) is 0 Å². The molecule has 0 radical (unpaired) electrons. The van der Waals surface area contributed by atoms with Crippen molar-refractivity contribution in [3.8, 4) is 0 Å². The SMILES string of the molecule is CCS(=O)(=O)c1ccc(Cl)cc1NN1C(=O)NC2C(CC(C(F)(F)F)C(CN3CCN(C)CC3)C2Cl)C1=O. The fourth-order valence-corrected chi connectivity index (χ4v) is 7.08. The van der Waals surface area contributed by atoms with Crippen LogP contribution in [0.25, 0.3) is 0 Å². The van der Waals surface area contributed by atoms with Gasteiger partial charge in [0.05, 0.1) is 39.6 Å². The monoisotopic (exact) mass is 599 g/mol. The predicted octanol–water partition coefficient (Wildman–Crippen LogP) is 3.05. The minimum atomic E-state index is -4.61. The van der Waals surface area contributed by atoms with E-state index in [4.69, 9.17) is 23.2 Å². The first-order valence-electron chi connectivity index (χ1n) is 12.3. The number of nitrogens with one attached hydrogen (secondary N) is 2. The zero-order valence-electron chi connectivity index (χ0n) is 20.8. The number of amides is 3. The minimum absolute atomic E-state index is 0.0994. The zero-order valence-corrected chi connectivity index (χ0v) is 23.2. The highest BCUT2D eigenvalue weighted by atomic mass is 35.5. The van der Waals surface area contributed by atoms with Crippen LogP contribution in [0.3, 0.4) is 0 Å². The van der Waals surface area contributed by atoms with Gasteiger partial charge in [0.1, 0.15) is 0 Å². The molecule has 3 fully saturated rings. The lowest BCUT2D eigenvalue weighted by Crippen LogP contribution is -2.68. The van der Waals surface area contributed by atoms with Gasteiger partial charge in [-0.1, -0.05) is 18.5 Å². The van der Waals surface area contributed by atoms with Crippen LogP contribution in [-0.4, -0.2) is 98.3 Å². The first kappa shape index (κ1) is 29.2. The number of nitrogens with zero attached hydrogens (tertiary/aromatic N) is 3. The van der Waals surface area contributed by atoms with E-state index in [1.165, 1.54) is 25.1 Å². The van der Waals surface area contributed by atoms with Gasteiger partial charge < -0.3 is 15.1 Å². The van der Waals surface area contributed by atoms with E-state index in [0.717, 1.165) is 13.1 Å². The topological polar surface area (TPSA) is 102 Å². The molecule has 2 N–H and O–H groups in total. The van der Waals surface area contributed by atoms with Gasteiger partial charge in [0.25, 0.3) is 5.91 Å². The molecular formula is C23H30Cl2F3N5O4S. The van der Waals surface area contributed by atoms with Crippen LogP contribution in [0.15, 0.2) is 23.1 Å². The van der Waals surface area contributed by atoms with Crippen molar-refractivity contribution >= 4 is 50.7 Å². The number of halogens is 5. The van der Waals surface area contributed by atoms with Gasteiger partial charge in [-0.2, -0.15) is 18.2 Å². The van der Waals surface area contributed by atoms with Crippen LogP contribution in [0, 0.1) is 17.8 Å². The first-order valence-corrected chi connectivity index (χ1v) is 14.7. The van der Waals surface area contributed by atoms with Gasteiger partial charge in [-0.25, -0.2) is 13.2 Å². The van der Waals surface area contributed by atoms with Crippen molar-refractivity contribution in [3.05, 3.63) is 23.2 Å².